The molecule has 1 N–H and O–H groups in total. The summed E-state index contributed by atoms with van der Waals surface area (Å²) in [7, 11) is 0. The molecule has 0 fully saturated rings. The van der Waals surface area contributed by atoms with E-state index in [4.69, 9.17) is 4.74 Å². The highest BCUT2D eigenvalue weighted by Gasteiger charge is 2.18. The fraction of sp³-hybridized carbons (Fsp3) is 0.538. The molecule has 100 valence electrons. The lowest BCUT2D eigenvalue weighted by Gasteiger charge is -2.23. The minimum absolute atomic E-state index is 0.0868. The largest absolute Gasteiger partial charge is 0.462 e. The van der Waals surface area contributed by atoms with Gasteiger partial charge < -0.3 is 10.1 Å². The monoisotopic (exact) mass is 268 g/mol. The van der Waals surface area contributed by atoms with Crippen molar-refractivity contribution in [3.05, 3.63) is 23.9 Å². The maximum absolute atomic E-state index is 11.8. The van der Waals surface area contributed by atoms with Gasteiger partial charge in [-0.25, -0.2) is 9.78 Å². The highest BCUT2D eigenvalue weighted by atomic mass is 32.2. The van der Waals surface area contributed by atoms with Crippen LogP contribution < -0.4 is 5.32 Å². The molecule has 0 atom stereocenters. The third kappa shape index (κ3) is 4.22. The summed E-state index contributed by atoms with van der Waals surface area (Å²) in [4.78, 5) is 16.0. The van der Waals surface area contributed by atoms with Gasteiger partial charge in [0.25, 0.3) is 0 Å². The second-order valence-corrected chi connectivity index (χ2v) is 5.95. The van der Waals surface area contributed by atoms with Crippen LogP contribution in [0.15, 0.2) is 18.3 Å². The van der Waals surface area contributed by atoms with Crippen molar-refractivity contribution >= 4 is 23.5 Å². The molecule has 1 aromatic heterocycles. The van der Waals surface area contributed by atoms with Gasteiger partial charge in [-0.15, -0.1) is 0 Å². The number of thioether (sulfide) groups is 1. The fourth-order valence-corrected chi connectivity index (χ4v) is 1.50. The molecule has 0 unspecified atom stereocenters. The average Bonchev–Trinajstić information content (AvgIpc) is 2.37. The molecular weight excluding hydrogens is 248 g/mol. The standard InChI is InChI=1S/C13H20N2O2S/c1-5-17-12(16)10-7-6-8-14-11(10)15-9-13(2,3)18-4/h6-8H,5,9H2,1-4H3,(H,14,15). The Morgan fingerprint density at radius 1 is 1.56 bits per heavy atom. The number of ether oxygens (including phenoxy) is 1. The Labute approximate surface area is 113 Å². The van der Waals surface area contributed by atoms with Crippen LogP contribution in [0.4, 0.5) is 5.82 Å². The molecule has 1 heterocycles. The van der Waals surface area contributed by atoms with Crippen LogP contribution >= 0.6 is 11.8 Å². The van der Waals surface area contributed by atoms with Gasteiger partial charge in [-0.3, -0.25) is 0 Å². The summed E-state index contributed by atoms with van der Waals surface area (Å²) in [5.74, 6) is 0.244. The molecule has 0 amide bonds. The number of esters is 1. The van der Waals surface area contributed by atoms with E-state index in [0.29, 0.717) is 18.0 Å². The van der Waals surface area contributed by atoms with Crippen LogP contribution in [0.1, 0.15) is 31.1 Å². The van der Waals surface area contributed by atoms with Crippen LogP contribution in [0.5, 0.6) is 0 Å². The van der Waals surface area contributed by atoms with Crippen LogP contribution in [0.25, 0.3) is 0 Å². The number of pyridine rings is 1. The number of hydrogen-bond donors (Lipinski definition) is 1. The van der Waals surface area contributed by atoms with Crippen LogP contribution in [0.2, 0.25) is 0 Å². The molecular formula is C13H20N2O2S. The summed E-state index contributed by atoms with van der Waals surface area (Å²) in [6.07, 6.45) is 3.73. The SMILES string of the molecule is CCOC(=O)c1cccnc1NCC(C)(C)SC. The van der Waals surface area contributed by atoms with Gasteiger partial charge in [-0.05, 0) is 39.2 Å². The Kier molecular flexibility index (Phi) is 5.47. The van der Waals surface area contributed by atoms with E-state index in [2.05, 4.69) is 30.4 Å². The van der Waals surface area contributed by atoms with E-state index in [1.54, 1.807) is 37.0 Å². The molecule has 4 nitrogen and oxygen atoms in total. The predicted octanol–water partition coefficient (Wildman–Crippen LogP) is 2.81. The molecule has 0 saturated heterocycles. The summed E-state index contributed by atoms with van der Waals surface area (Å²) < 4.78 is 5.09. The van der Waals surface area contributed by atoms with Crippen molar-refractivity contribution in [1.82, 2.24) is 4.98 Å². The van der Waals surface area contributed by atoms with Crippen molar-refractivity contribution in [2.75, 3.05) is 24.7 Å². The highest BCUT2D eigenvalue weighted by molar-refractivity contribution is 7.99. The van der Waals surface area contributed by atoms with Crippen molar-refractivity contribution in [3.8, 4) is 0 Å². The molecule has 1 aromatic rings. The Morgan fingerprint density at radius 3 is 2.89 bits per heavy atom. The van der Waals surface area contributed by atoms with E-state index < -0.39 is 0 Å². The molecule has 1 rings (SSSR count). The molecule has 5 heteroatoms. The van der Waals surface area contributed by atoms with E-state index in [-0.39, 0.29) is 10.7 Å². The lowest BCUT2D eigenvalue weighted by Crippen LogP contribution is -2.27. The van der Waals surface area contributed by atoms with Gasteiger partial charge in [-0.2, -0.15) is 11.8 Å². The summed E-state index contributed by atoms with van der Waals surface area (Å²) >= 11 is 1.76. The van der Waals surface area contributed by atoms with E-state index >= 15 is 0 Å². The van der Waals surface area contributed by atoms with E-state index in [1.165, 1.54) is 0 Å². The normalized spacial score (nSPS) is 11.1. The molecule has 0 radical (unpaired) electrons. The first kappa shape index (κ1) is 14.8. The third-order valence-electron chi connectivity index (χ3n) is 2.54. The summed E-state index contributed by atoms with van der Waals surface area (Å²) in [6.45, 7) is 7.16. The van der Waals surface area contributed by atoms with Crippen LogP contribution in [0.3, 0.4) is 0 Å². The molecule has 0 aliphatic carbocycles. The van der Waals surface area contributed by atoms with Gasteiger partial charge in [0.05, 0.1) is 6.61 Å². The number of rotatable bonds is 6. The van der Waals surface area contributed by atoms with Gasteiger partial charge >= 0.3 is 5.97 Å². The average molecular weight is 268 g/mol. The second-order valence-electron chi connectivity index (χ2n) is 4.44. The molecule has 0 spiro atoms. The Hall–Kier alpha value is -1.23. The summed E-state index contributed by atoms with van der Waals surface area (Å²) in [6, 6.07) is 3.45. The molecule has 0 bridgehead atoms. The zero-order valence-corrected chi connectivity index (χ0v) is 12.1. The Morgan fingerprint density at radius 2 is 2.28 bits per heavy atom. The maximum atomic E-state index is 11.8. The quantitative estimate of drug-likeness (QED) is 0.804. The minimum atomic E-state index is -0.338. The summed E-state index contributed by atoms with van der Waals surface area (Å²) in [5.41, 5.74) is 0.483. The highest BCUT2D eigenvalue weighted by Crippen LogP contribution is 2.22. The first-order valence-corrected chi connectivity index (χ1v) is 7.14. The predicted molar refractivity (Wildman–Crippen MR) is 76.3 cm³/mol. The Bertz CT molecular complexity index is 408. The van der Waals surface area contributed by atoms with Gasteiger partial charge in [-0.1, -0.05) is 0 Å². The first-order valence-electron chi connectivity index (χ1n) is 5.91. The maximum Gasteiger partial charge on any atom is 0.341 e. The lowest BCUT2D eigenvalue weighted by atomic mass is 10.2. The van der Waals surface area contributed by atoms with E-state index in [9.17, 15) is 4.79 Å². The van der Waals surface area contributed by atoms with Crippen molar-refractivity contribution in [2.24, 2.45) is 0 Å². The fourth-order valence-electron chi connectivity index (χ4n) is 1.29. The summed E-state index contributed by atoms with van der Waals surface area (Å²) in [5, 5.41) is 3.21. The zero-order valence-electron chi connectivity index (χ0n) is 11.3. The lowest BCUT2D eigenvalue weighted by molar-refractivity contribution is 0.0527. The third-order valence-corrected chi connectivity index (χ3v) is 3.79. The zero-order chi connectivity index (χ0) is 13.6. The number of anilines is 1. The molecule has 0 aliphatic heterocycles. The molecule has 18 heavy (non-hydrogen) atoms. The number of aromatic nitrogens is 1. The smallest absolute Gasteiger partial charge is 0.341 e. The van der Waals surface area contributed by atoms with Crippen LogP contribution in [-0.4, -0.2) is 35.1 Å². The number of carbonyl (C=O) groups excluding carboxylic acids is 1. The topological polar surface area (TPSA) is 51.2 Å². The van der Waals surface area contributed by atoms with Gasteiger partial charge in [0.15, 0.2) is 0 Å². The number of carbonyl (C=O) groups is 1. The van der Waals surface area contributed by atoms with Gasteiger partial charge in [0.2, 0.25) is 0 Å². The van der Waals surface area contributed by atoms with Crippen molar-refractivity contribution in [1.29, 1.82) is 0 Å². The molecule has 0 saturated carbocycles. The van der Waals surface area contributed by atoms with Gasteiger partial charge in [0, 0.05) is 17.5 Å². The second kappa shape index (κ2) is 6.64. The first-order chi connectivity index (χ1) is 8.50. The van der Waals surface area contributed by atoms with Crippen molar-refractivity contribution in [3.63, 3.8) is 0 Å². The van der Waals surface area contributed by atoms with Crippen molar-refractivity contribution in [2.45, 2.75) is 25.5 Å². The van der Waals surface area contributed by atoms with E-state index in [1.807, 2.05) is 0 Å². The molecule has 0 aliphatic rings. The Balaban J connectivity index is 2.79. The number of nitrogens with zero attached hydrogens (tertiary/aromatic N) is 1. The van der Waals surface area contributed by atoms with Gasteiger partial charge in [0.1, 0.15) is 11.4 Å². The van der Waals surface area contributed by atoms with Crippen molar-refractivity contribution < 1.29 is 9.53 Å². The van der Waals surface area contributed by atoms with Crippen LogP contribution in [0, 0.1) is 0 Å². The van der Waals surface area contributed by atoms with Crippen LogP contribution in [-0.2, 0) is 4.74 Å². The van der Waals surface area contributed by atoms with E-state index in [0.717, 1.165) is 6.54 Å². The number of hydrogen-bond acceptors (Lipinski definition) is 5. The minimum Gasteiger partial charge on any atom is -0.462 e. The molecule has 0 aromatic carbocycles. The number of nitrogens with one attached hydrogen (secondary N) is 1.